The van der Waals surface area contributed by atoms with Crippen molar-refractivity contribution in [3.05, 3.63) is 48.3 Å². The van der Waals surface area contributed by atoms with Crippen LogP contribution in [0.1, 0.15) is 36.5 Å². The van der Waals surface area contributed by atoms with Crippen molar-refractivity contribution in [1.82, 2.24) is 5.32 Å². The number of halogens is 2. The van der Waals surface area contributed by atoms with E-state index in [0.29, 0.717) is 17.4 Å². The molecule has 2 aliphatic rings. The van der Waals surface area contributed by atoms with Crippen LogP contribution in [0.15, 0.2) is 47.4 Å². The average Bonchev–Trinajstić information content (AvgIpc) is 3.68. The second-order valence-corrected chi connectivity index (χ2v) is 11.6. The van der Waals surface area contributed by atoms with Gasteiger partial charge in [0.2, 0.25) is 5.91 Å². The van der Waals surface area contributed by atoms with E-state index >= 15 is 0 Å². The van der Waals surface area contributed by atoms with Crippen molar-refractivity contribution >= 4 is 57.4 Å². The number of hydrogen-bond acceptors (Lipinski definition) is 6. The molecule has 0 atom stereocenters. The van der Waals surface area contributed by atoms with Crippen LogP contribution in [0.5, 0.6) is 5.75 Å². The number of amides is 2. The summed E-state index contributed by atoms with van der Waals surface area (Å²) in [7, 11) is -2.24. The van der Waals surface area contributed by atoms with Gasteiger partial charge in [-0.2, -0.15) is 0 Å². The Labute approximate surface area is 237 Å². The molecule has 0 aromatic heterocycles. The van der Waals surface area contributed by atoms with E-state index in [1.807, 2.05) is 20.8 Å². The van der Waals surface area contributed by atoms with Crippen LogP contribution < -0.4 is 19.7 Å². The summed E-state index contributed by atoms with van der Waals surface area (Å²) < 4.78 is 51.2. The van der Waals surface area contributed by atoms with Crippen molar-refractivity contribution in [2.45, 2.75) is 38.5 Å². The first-order chi connectivity index (χ1) is 16.9. The van der Waals surface area contributed by atoms with Gasteiger partial charge in [0, 0.05) is 21.5 Å². The first kappa shape index (κ1) is 30.6. The van der Waals surface area contributed by atoms with Crippen molar-refractivity contribution in [2.75, 3.05) is 36.4 Å². The zero-order chi connectivity index (χ0) is 26.5. The lowest BCUT2D eigenvalue weighted by Crippen LogP contribution is -2.38. The minimum absolute atomic E-state index is 0. The van der Waals surface area contributed by atoms with Gasteiger partial charge in [0.1, 0.15) is 18.2 Å². The van der Waals surface area contributed by atoms with E-state index < -0.39 is 21.9 Å². The molecule has 1 heterocycles. The summed E-state index contributed by atoms with van der Waals surface area (Å²) in [6.07, 6.45) is 1.56. The molecule has 12 heteroatoms. The largest absolute Gasteiger partial charge is 0.489 e. The second kappa shape index (κ2) is 12.8. The number of anilines is 2. The Morgan fingerprint density at radius 2 is 1.81 bits per heavy atom. The molecule has 1 aliphatic carbocycles. The van der Waals surface area contributed by atoms with Crippen LogP contribution in [-0.2, 0) is 19.6 Å². The molecule has 1 saturated carbocycles. The van der Waals surface area contributed by atoms with Crippen LogP contribution >= 0.6 is 24.0 Å². The fourth-order valence-electron chi connectivity index (χ4n) is 3.24. The molecule has 37 heavy (non-hydrogen) atoms. The van der Waals surface area contributed by atoms with Crippen LogP contribution in [0.3, 0.4) is 0 Å². The highest BCUT2D eigenvalue weighted by molar-refractivity contribution is 14.0. The number of sulfonamides is 1. The van der Waals surface area contributed by atoms with Crippen molar-refractivity contribution < 1.29 is 34.7 Å². The maximum Gasteiger partial charge on any atom is 0.411 e. The van der Waals surface area contributed by atoms with E-state index in [1.54, 1.807) is 19.2 Å². The van der Waals surface area contributed by atoms with Gasteiger partial charge in [-0.05, 0) is 60.7 Å². The second-order valence-electron chi connectivity index (χ2n) is 9.71. The standard InChI is InChI=1S/C20H23FN2O5S.C5H9NO.HI.2H2/c1-20(2,3)13-28-19(24)22-15-6-9-18-17(12-15)23(10-11-27-18)29(25,26)16-7-4-14(21)5-8-16;1-6-5(7)4-2-3-4;;;/h4-9,12H,10-11,13H2,1-3H3,(H,22,24);4H,2-3H2,1H3,(H,6,7);3*1H. The third-order valence-corrected chi connectivity index (χ3v) is 7.09. The van der Waals surface area contributed by atoms with Crippen LogP contribution in [0, 0.1) is 17.2 Å². The number of hydrogen-bond donors (Lipinski definition) is 2. The number of fused-ring (bicyclic) bond motifs is 1. The van der Waals surface area contributed by atoms with E-state index in [-0.39, 0.29) is 68.5 Å². The first-order valence-electron chi connectivity index (χ1n) is 11.6. The van der Waals surface area contributed by atoms with E-state index in [9.17, 15) is 22.4 Å². The van der Waals surface area contributed by atoms with Gasteiger partial charge in [-0.3, -0.25) is 14.4 Å². The molecule has 0 radical (unpaired) electrons. The van der Waals surface area contributed by atoms with Crippen LogP contribution in [0.2, 0.25) is 0 Å². The van der Waals surface area contributed by atoms with Crippen LogP contribution in [0.25, 0.3) is 0 Å². The minimum atomic E-state index is -3.92. The molecule has 2 N–H and O–H groups in total. The highest BCUT2D eigenvalue weighted by Gasteiger charge is 2.31. The van der Waals surface area contributed by atoms with E-state index in [2.05, 4.69) is 10.6 Å². The number of carbonyl (C=O) groups excluding carboxylic acids is 2. The van der Waals surface area contributed by atoms with E-state index in [4.69, 9.17) is 9.47 Å². The molecule has 2 amide bonds. The lowest BCUT2D eigenvalue weighted by Gasteiger charge is -2.30. The third-order valence-electron chi connectivity index (χ3n) is 5.26. The monoisotopic (exact) mass is 653 g/mol. The summed E-state index contributed by atoms with van der Waals surface area (Å²) in [5.41, 5.74) is 0.475. The van der Waals surface area contributed by atoms with Gasteiger partial charge in [-0.15, -0.1) is 24.0 Å². The molecule has 0 saturated heterocycles. The molecule has 4 rings (SSSR count). The Morgan fingerprint density at radius 3 is 2.35 bits per heavy atom. The van der Waals surface area contributed by atoms with Gasteiger partial charge in [0.05, 0.1) is 23.7 Å². The Balaban J connectivity index is 0.00000126. The third kappa shape index (κ3) is 8.73. The summed E-state index contributed by atoms with van der Waals surface area (Å²) >= 11 is 0. The fraction of sp³-hybridized carbons (Fsp3) is 0.440. The van der Waals surface area contributed by atoms with Gasteiger partial charge in [0.15, 0.2) is 0 Å². The van der Waals surface area contributed by atoms with Gasteiger partial charge >= 0.3 is 6.09 Å². The normalized spacial score (nSPS) is 14.6. The molecular weight excluding hydrogens is 616 g/mol. The first-order valence-corrected chi connectivity index (χ1v) is 13.1. The molecule has 9 nitrogen and oxygen atoms in total. The van der Waals surface area contributed by atoms with Crippen molar-refractivity contribution in [1.29, 1.82) is 0 Å². The zero-order valence-corrected chi connectivity index (χ0v) is 24.4. The van der Waals surface area contributed by atoms with Crippen LogP contribution in [0.4, 0.5) is 20.6 Å². The predicted molar refractivity (Wildman–Crippen MR) is 154 cm³/mol. The molecular formula is C25H37FIN3O6S. The smallest absolute Gasteiger partial charge is 0.411 e. The summed E-state index contributed by atoms with van der Waals surface area (Å²) in [6, 6.07) is 9.31. The number of rotatable bonds is 5. The fourth-order valence-corrected chi connectivity index (χ4v) is 4.69. The summed E-state index contributed by atoms with van der Waals surface area (Å²) in [5, 5.41) is 5.18. The van der Waals surface area contributed by atoms with Gasteiger partial charge in [-0.1, -0.05) is 20.8 Å². The van der Waals surface area contributed by atoms with Crippen molar-refractivity contribution in [2.24, 2.45) is 11.3 Å². The summed E-state index contributed by atoms with van der Waals surface area (Å²) in [5.74, 6) is 0.423. The predicted octanol–water partition coefficient (Wildman–Crippen LogP) is 5.26. The Morgan fingerprint density at radius 1 is 1.16 bits per heavy atom. The number of nitrogens with one attached hydrogen (secondary N) is 2. The lowest BCUT2D eigenvalue weighted by molar-refractivity contribution is -0.121. The topological polar surface area (TPSA) is 114 Å². The Hall–Kier alpha value is -2.61. The highest BCUT2D eigenvalue weighted by atomic mass is 127. The van der Waals surface area contributed by atoms with E-state index in [0.717, 1.165) is 25.0 Å². The maximum atomic E-state index is 13.2. The van der Waals surface area contributed by atoms with Gasteiger partial charge in [0.25, 0.3) is 10.0 Å². The molecule has 0 unspecified atom stereocenters. The molecule has 0 spiro atoms. The number of benzene rings is 2. The summed E-state index contributed by atoms with van der Waals surface area (Å²) in [4.78, 5) is 22.5. The van der Waals surface area contributed by atoms with Gasteiger partial charge in [-0.25, -0.2) is 17.6 Å². The van der Waals surface area contributed by atoms with Crippen molar-refractivity contribution in [3.8, 4) is 5.75 Å². The molecule has 1 fully saturated rings. The molecule has 0 bridgehead atoms. The molecule has 2 aromatic carbocycles. The van der Waals surface area contributed by atoms with Crippen LogP contribution in [-0.4, -0.2) is 47.2 Å². The number of ether oxygens (including phenoxy) is 2. The number of carbonyl (C=O) groups is 2. The lowest BCUT2D eigenvalue weighted by atomic mass is 9.99. The molecule has 1 aliphatic heterocycles. The number of nitrogens with zero attached hydrogens (tertiary/aromatic N) is 1. The van der Waals surface area contributed by atoms with Crippen molar-refractivity contribution in [3.63, 3.8) is 0 Å². The average molecular weight is 654 g/mol. The Bertz CT molecular complexity index is 1210. The van der Waals surface area contributed by atoms with Gasteiger partial charge < -0.3 is 14.8 Å². The SMILES string of the molecule is CC(C)(C)COC(=O)Nc1ccc2c(c1)N(S(=O)(=O)c1ccc(F)cc1)CCO2.CNC(=O)C1CC1.I.[HH].[HH]. The molecule has 2 aromatic rings. The minimum Gasteiger partial charge on any atom is -0.489 e. The summed E-state index contributed by atoms with van der Waals surface area (Å²) in [6.45, 7) is 6.31. The zero-order valence-electron chi connectivity index (χ0n) is 21.2. The quantitative estimate of drug-likeness (QED) is 0.426. The Kier molecular flexibility index (Phi) is 10.6. The molecule has 208 valence electrons. The van der Waals surface area contributed by atoms with E-state index in [1.165, 1.54) is 22.5 Å². The highest BCUT2D eigenvalue weighted by Crippen LogP contribution is 2.37. The maximum absolute atomic E-state index is 13.2.